The Hall–Kier alpha value is -6.65. The van der Waals surface area contributed by atoms with Gasteiger partial charge in [0.2, 0.25) is 0 Å². The Morgan fingerprint density at radius 3 is 1.73 bits per heavy atom. The van der Waals surface area contributed by atoms with Crippen LogP contribution in [0.2, 0.25) is 0 Å². The van der Waals surface area contributed by atoms with Crippen molar-refractivity contribution in [2.45, 2.75) is 0 Å². The van der Waals surface area contributed by atoms with E-state index in [9.17, 15) is 4.11 Å². The van der Waals surface area contributed by atoms with E-state index in [4.69, 9.17) is 30.3 Å². The zero-order chi connectivity index (χ0) is 42.1. The molecule has 0 aliphatic carbocycles. The summed E-state index contributed by atoms with van der Waals surface area (Å²) in [6.45, 7) is 0. The van der Waals surface area contributed by atoms with Gasteiger partial charge in [0.25, 0.3) is 0 Å². The van der Waals surface area contributed by atoms with Gasteiger partial charge in [0.1, 0.15) is 11.2 Å². The lowest BCUT2D eigenvalue weighted by atomic mass is 9.99. The van der Waals surface area contributed by atoms with Crippen LogP contribution in [0.15, 0.2) is 180 Å². The van der Waals surface area contributed by atoms with Crippen molar-refractivity contribution in [2.75, 3.05) is 0 Å². The van der Waals surface area contributed by atoms with Gasteiger partial charge in [-0.3, -0.25) is 0 Å². The van der Waals surface area contributed by atoms with E-state index in [1.54, 1.807) is 0 Å². The molecule has 2 heterocycles. The van der Waals surface area contributed by atoms with Gasteiger partial charge in [-0.05, 0) is 57.6 Å². The molecule has 0 amide bonds. The first-order valence-electron chi connectivity index (χ1n) is 21.0. The number of fused-ring (bicyclic) bond motifs is 3. The molecule has 0 saturated carbocycles. The average Bonchev–Trinajstić information content (AvgIpc) is 3.69. The SMILES string of the molecule is [2H]c1c([2H])c([2H])c(-c2c([2H])c([2H])c([2H])c3oc4c([2H])c(-c5nc(-c6ccc(-c7ccccc7)cc6)nc(-c6cccc(-c7ccccc7)c6)n5)c([2H])c([2H])c4c23)c([2H])c1[2H]. The molecule has 0 saturated heterocycles. The molecular weight excluding hydrogens is 599 g/mol. The predicted octanol–water partition coefficient (Wildman–Crippen LogP) is 11.8. The highest BCUT2D eigenvalue weighted by molar-refractivity contribution is 6.13. The van der Waals surface area contributed by atoms with Crippen LogP contribution >= 0.6 is 0 Å². The molecule has 0 unspecified atom stereocenters. The molecule has 0 aliphatic heterocycles. The lowest BCUT2D eigenvalue weighted by molar-refractivity contribution is 0.669. The van der Waals surface area contributed by atoms with E-state index in [0.717, 1.165) is 22.3 Å². The molecule has 9 aromatic rings. The van der Waals surface area contributed by atoms with Crippen LogP contribution in [-0.4, -0.2) is 15.0 Å². The third kappa shape index (κ3) is 5.45. The number of furan rings is 1. The van der Waals surface area contributed by atoms with Crippen molar-refractivity contribution in [1.29, 1.82) is 0 Å². The van der Waals surface area contributed by atoms with E-state index in [1.165, 1.54) is 0 Å². The molecular formula is C45H29N3O. The molecule has 7 aromatic carbocycles. The Morgan fingerprint density at radius 1 is 0.408 bits per heavy atom. The highest BCUT2D eigenvalue weighted by atomic mass is 16.3. The first-order valence-corrected chi connectivity index (χ1v) is 15.5. The highest BCUT2D eigenvalue weighted by Gasteiger charge is 2.17. The number of benzene rings is 7. The molecule has 4 nitrogen and oxygen atoms in total. The van der Waals surface area contributed by atoms with E-state index < -0.39 is 72.0 Å². The Morgan fingerprint density at radius 2 is 1.00 bits per heavy atom. The van der Waals surface area contributed by atoms with Crippen molar-refractivity contribution in [2.24, 2.45) is 0 Å². The first-order chi connectivity index (χ1) is 28.8. The minimum Gasteiger partial charge on any atom is -0.456 e. The maximum Gasteiger partial charge on any atom is 0.164 e. The molecule has 0 spiro atoms. The zero-order valence-corrected chi connectivity index (χ0v) is 25.6. The molecule has 2 aromatic heterocycles. The second-order valence-corrected chi connectivity index (χ2v) is 11.2. The molecule has 0 bridgehead atoms. The van der Waals surface area contributed by atoms with E-state index in [0.29, 0.717) is 11.1 Å². The average molecular weight is 639 g/mol. The first kappa shape index (κ1) is 19.2. The van der Waals surface area contributed by atoms with Gasteiger partial charge in [-0.25, -0.2) is 15.0 Å². The zero-order valence-electron chi connectivity index (χ0n) is 36.6. The molecule has 9 rings (SSSR count). The molecule has 230 valence electrons. The van der Waals surface area contributed by atoms with Crippen molar-refractivity contribution in [1.82, 2.24) is 15.0 Å². The van der Waals surface area contributed by atoms with Gasteiger partial charge in [-0.1, -0.05) is 151 Å². The summed E-state index contributed by atoms with van der Waals surface area (Å²) in [4.78, 5) is 14.4. The third-order valence-electron chi connectivity index (χ3n) is 8.16. The van der Waals surface area contributed by atoms with Gasteiger partial charge in [0.15, 0.2) is 17.5 Å². The minimum absolute atomic E-state index is 0.114. The van der Waals surface area contributed by atoms with Gasteiger partial charge in [0, 0.05) is 27.5 Å². The van der Waals surface area contributed by atoms with Crippen LogP contribution in [0.5, 0.6) is 0 Å². The number of nitrogens with zero attached hydrogens (tertiary/aromatic N) is 3. The molecule has 49 heavy (non-hydrogen) atoms. The largest absolute Gasteiger partial charge is 0.456 e. The number of hydrogen-bond acceptors (Lipinski definition) is 4. The summed E-state index contributed by atoms with van der Waals surface area (Å²) in [5, 5.41) is -0.393. The predicted molar refractivity (Wildman–Crippen MR) is 200 cm³/mol. The van der Waals surface area contributed by atoms with E-state index in [1.807, 2.05) is 109 Å². The van der Waals surface area contributed by atoms with Crippen molar-refractivity contribution in [3.05, 3.63) is 176 Å². The molecule has 4 heteroatoms. The van der Waals surface area contributed by atoms with Crippen LogP contribution in [0.4, 0.5) is 0 Å². The fraction of sp³-hybridized carbons (Fsp3) is 0. The van der Waals surface area contributed by atoms with Gasteiger partial charge >= 0.3 is 0 Å². The molecule has 0 radical (unpaired) electrons. The third-order valence-corrected chi connectivity index (χ3v) is 8.16. The summed E-state index contributed by atoms with van der Waals surface area (Å²) in [7, 11) is 0. The molecule has 0 fully saturated rings. The fourth-order valence-corrected chi connectivity index (χ4v) is 5.78. The normalized spacial score (nSPS) is 14.4. The van der Waals surface area contributed by atoms with Crippen LogP contribution in [0.25, 0.3) is 89.5 Å². The minimum atomic E-state index is -0.686. The monoisotopic (exact) mass is 638 g/mol. The summed E-state index contributed by atoms with van der Waals surface area (Å²) in [6.07, 6.45) is 0. The smallest absolute Gasteiger partial charge is 0.164 e. The topological polar surface area (TPSA) is 51.8 Å². The standard InChI is InChI=1S/C45H29N3O/c1-4-12-30(13-5-1)32-22-24-34(25-23-32)43-46-44(36-19-10-18-35(28-36)31-14-6-2-7-15-31)48-45(47-43)37-26-27-39-41(29-37)49-40-21-11-20-38(42(39)40)33-16-8-3-9-17-33/h1-29H/i3D,8D,9D,11D,16D,17D,20D,21D,26D,27D,29D. The van der Waals surface area contributed by atoms with E-state index in [-0.39, 0.29) is 50.5 Å². The van der Waals surface area contributed by atoms with Crippen LogP contribution < -0.4 is 0 Å². The van der Waals surface area contributed by atoms with E-state index >= 15 is 0 Å². The maximum absolute atomic E-state index is 9.49. The van der Waals surface area contributed by atoms with Crippen LogP contribution in [0.3, 0.4) is 0 Å². The summed E-state index contributed by atoms with van der Waals surface area (Å²) in [5.41, 5.74) is 3.45. The Bertz CT molecular complexity index is 3180. The summed E-state index contributed by atoms with van der Waals surface area (Å²) in [6, 6.07) is 28.1. The van der Waals surface area contributed by atoms with Gasteiger partial charge in [0.05, 0.1) is 15.1 Å². The van der Waals surface area contributed by atoms with Crippen LogP contribution in [0, 0.1) is 0 Å². The van der Waals surface area contributed by atoms with Crippen LogP contribution in [-0.2, 0) is 0 Å². The highest BCUT2D eigenvalue weighted by Crippen LogP contribution is 2.38. The van der Waals surface area contributed by atoms with Gasteiger partial charge < -0.3 is 4.42 Å². The van der Waals surface area contributed by atoms with Gasteiger partial charge in [-0.15, -0.1) is 0 Å². The Balaban J connectivity index is 1.31. The molecule has 0 N–H and O–H groups in total. The lowest BCUT2D eigenvalue weighted by Crippen LogP contribution is -2.00. The van der Waals surface area contributed by atoms with Crippen LogP contribution in [0.1, 0.15) is 15.1 Å². The second kappa shape index (κ2) is 12.2. The number of hydrogen-bond donors (Lipinski definition) is 0. The quantitative estimate of drug-likeness (QED) is 0.182. The lowest BCUT2D eigenvalue weighted by Gasteiger charge is -2.10. The van der Waals surface area contributed by atoms with Crippen molar-refractivity contribution in [3.63, 3.8) is 0 Å². The molecule has 0 atom stereocenters. The van der Waals surface area contributed by atoms with Gasteiger partial charge in [-0.2, -0.15) is 0 Å². The Kier molecular flexibility index (Phi) is 4.78. The maximum atomic E-state index is 9.49. The molecule has 0 aliphatic rings. The number of aromatic nitrogens is 3. The fourth-order valence-electron chi connectivity index (χ4n) is 5.78. The summed E-state index contributed by atoms with van der Waals surface area (Å²) >= 11 is 0. The summed E-state index contributed by atoms with van der Waals surface area (Å²) in [5.74, 6) is 0.339. The summed E-state index contributed by atoms with van der Waals surface area (Å²) < 4.78 is 103. The van der Waals surface area contributed by atoms with E-state index in [2.05, 4.69) is 0 Å². The Labute approximate surface area is 299 Å². The van der Waals surface area contributed by atoms with Crippen molar-refractivity contribution in [3.8, 4) is 67.5 Å². The second-order valence-electron chi connectivity index (χ2n) is 11.2. The van der Waals surface area contributed by atoms with Crippen molar-refractivity contribution >= 4 is 21.9 Å². The van der Waals surface area contributed by atoms with Crippen molar-refractivity contribution < 1.29 is 19.5 Å². The number of rotatable bonds is 6.